The van der Waals surface area contributed by atoms with Crippen molar-refractivity contribution in [3.8, 4) is 5.75 Å². The van der Waals surface area contributed by atoms with E-state index in [4.69, 9.17) is 24.2 Å². The number of rotatable bonds is 4. The number of fused-ring (bicyclic) bond motifs is 1. The highest BCUT2D eigenvalue weighted by Crippen LogP contribution is 2.46. The maximum atomic E-state index is 10.1. The van der Waals surface area contributed by atoms with E-state index >= 15 is 0 Å². The highest BCUT2D eigenvalue weighted by molar-refractivity contribution is 7.99. The fraction of sp³-hybridized carbons (Fsp3) is 0.625. The number of hydrogen-bond acceptors (Lipinski definition) is 10. The van der Waals surface area contributed by atoms with Gasteiger partial charge in [0.05, 0.1) is 43.6 Å². The summed E-state index contributed by atoms with van der Waals surface area (Å²) in [5, 5.41) is 10.8. The van der Waals surface area contributed by atoms with E-state index in [9.17, 15) is 5.11 Å². The van der Waals surface area contributed by atoms with Crippen molar-refractivity contribution in [2.24, 2.45) is 5.41 Å². The molecule has 10 heteroatoms. The summed E-state index contributed by atoms with van der Waals surface area (Å²) in [4.78, 5) is 19.4. The summed E-state index contributed by atoms with van der Waals surface area (Å²) in [6.07, 6.45) is 7.25. The molecule has 6 rings (SSSR count). The summed E-state index contributed by atoms with van der Waals surface area (Å²) in [6.45, 7) is 6.57. The van der Waals surface area contributed by atoms with E-state index in [1.807, 2.05) is 13.1 Å². The number of hydrogen-bond donors (Lipinski definition) is 1. The van der Waals surface area contributed by atoms with Crippen molar-refractivity contribution in [2.75, 3.05) is 56.4 Å². The summed E-state index contributed by atoms with van der Waals surface area (Å²) in [7, 11) is 2.05. The largest absolute Gasteiger partial charge is 0.486 e. The average Bonchev–Trinajstić information content (AvgIpc) is 3.19. The van der Waals surface area contributed by atoms with Crippen LogP contribution in [0.5, 0.6) is 5.75 Å². The number of likely N-dealkylation sites (N-methyl/N-ethyl adjacent to an activating group) is 1. The van der Waals surface area contributed by atoms with Crippen molar-refractivity contribution in [1.29, 1.82) is 0 Å². The summed E-state index contributed by atoms with van der Waals surface area (Å²) in [6, 6.07) is 1.94. The van der Waals surface area contributed by atoms with Gasteiger partial charge in [0.25, 0.3) is 0 Å². The van der Waals surface area contributed by atoms with E-state index in [2.05, 4.69) is 21.7 Å². The van der Waals surface area contributed by atoms with Crippen molar-refractivity contribution in [1.82, 2.24) is 15.0 Å². The van der Waals surface area contributed by atoms with Crippen LogP contribution in [0.2, 0.25) is 0 Å². The molecule has 1 N–H and O–H groups in total. The van der Waals surface area contributed by atoms with E-state index in [1.165, 1.54) is 11.8 Å². The summed E-state index contributed by atoms with van der Waals surface area (Å²) in [5.41, 5.74) is 0.796. The number of ether oxygens (including phenoxy) is 3. The highest BCUT2D eigenvalue weighted by Gasteiger charge is 2.48. The predicted molar refractivity (Wildman–Crippen MR) is 128 cm³/mol. The van der Waals surface area contributed by atoms with Crippen molar-refractivity contribution >= 4 is 23.4 Å². The third-order valence-corrected chi connectivity index (χ3v) is 8.74. The third-order valence-electron chi connectivity index (χ3n) is 7.79. The maximum Gasteiger partial charge on any atom is 0.175 e. The smallest absolute Gasteiger partial charge is 0.175 e. The van der Waals surface area contributed by atoms with Crippen LogP contribution in [-0.2, 0) is 16.1 Å². The first kappa shape index (κ1) is 22.3. The van der Waals surface area contributed by atoms with Gasteiger partial charge in [0.2, 0.25) is 0 Å². The summed E-state index contributed by atoms with van der Waals surface area (Å²) >= 11 is 1.49. The molecule has 0 aromatic carbocycles. The van der Waals surface area contributed by atoms with Gasteiger partial charge in [0.1, 0.15) is 22.9 Å². The molecule has 3 fully saturated rings. The lowest BCUT2D eigenvalue weighted by atomic mass is 9.77. The number of anilines is 2. The Morgan fingerprint density at radius 3 is 2.65 bits per heavy atom. The van der Waals surface area contributed by atoms with Gasteiger partial charge in [-0.1, -0.05) is 11.8 Å². The lowest BCUT2D eigenvalue weighted by Gasteiger charge is -2.50. The van der Waals surface area contributed by atoms with Crippen LogP contribution in [0.1, 0.15) is 31.9 Å². The number of piperidine rings is 1. The molecule has 0 bridgehead atoms. The fourth-order valence-electron chi connectivity index (χ4n) is 5.54. The topological polar surface area (TPSA) is 93.1 Å². The third kappa shape index (κ3) is 3.71. The molecule has 0 amide bonds. The first-order valence-electron chi connectivity index (χ1n) is 12.0. The minimum Gasteiger partial charge on any atom is -0.486 e. The average molecular weight is 486 g/mol. The molecule has 4 aliphatic heterocycles. The van der Waals surface area contributed by atoms with Gasteiger partial charge in [-0.2, -0.15) is 0 Å². The maximum absolute atomic E-state index is 10.1. The van der Waals surface area contributed by atoms with Gasteiger partial charge in [0, 0.05) is 26.3 Å². The first-order chi connectivity index (χ1) is 16.5. The number of aliphatic hydroxyl groups is 1. The molecule has 2 aromatic heterocycles. The van der Waals surface area contributed by atoms with Crippen LogP contribution in [0.25, 0.3) is 0 Å². The normalized spacial score (nSPS) is 24.7. The number of aliphatic hydroxyl groups excluding tert-OH is 1. The van der Waals surface area contributed by atoms with Gasteiger partial charge < -0.3 is 29.1 Å². The Balaban J connectivity index is 1.19. The van der Waals surface area contributed by atoms with Gasteiger partial charge in [-0.15, -0.1) is 0 Å². The SMILES string of the molecule is C[C@H]1CC2(CCN(c3ncc(Sc4ccnc5c4OCC4(COC4)N5C)nc3CO)CC2)CO1. The van der Waals surface area contributed by atoms with Crippen LogP contribution < -0.4 is 14.5 Å². The zero-order valence-corrected chi connectivity index (χ0v) is 20.5. The molecule has 1 atom stereocenters. The number of nitrogens with zero attached hydrogens (tertiary/aromatic N) is 5. The molecule has 0 saturated carbocycles. The Morgan fingerprint density at radius 1 is 1.15 bits per heavy atom. The molecule has 0 aliphatic carbocycles. The van der Waals surface area contributed by atoms with Gasteiger partial charge in [-0.25, -0.2) is 15.0 Å². The molecule has 0 radical (unpaired) electrons. The van der Waals surface area contributed by atoms with Crippen molar-refractivity contribution in [2.45, 2.75) is 54.4 Å². The molecule has 0 unspecified atom stereocenters. The monoisotopic (exact) mass is 485 g/mol. The van der Waals surface area contributed by atoms with E-state index in [-0.39, 0.29) is 12.1 Å². The summed E-state index contributed by atoms with van der Waals surface area (Å²) < 4.78 is 17.5. The van der Waals surface area contributed by atoms with Crippen molar-refractivity contribution in [3.05, 3.63) is 24.2 Å². The molecule has 182 valence electrons. The minimum atomic E-state index is -0.144. The Labute approximate surface area is 203 Å². The number of pyridine rings is 1. The zero-order chi connectivity index (χ0) is 23.3. The fourth-order valence-corrected chi connectivity index (χ4v) is 6.40. The number of aromatic nitrogens is 3. The second-order valence-electron chi connectivity index (χ2n) is 10.1. The van der Waals surface area contributed by atoms with Crippen LogP contribution in [0.3, 0.4) is 0 Å². The van der Waals surface area contributed by atoms with Crippen LogP contribution >= 0.6 is 11.8 Å². The van der Waals surface area contributed by atoms with E-state index in [0.29, 0.717) is 37.0 Å². The zero-order valence-electron chi connectivity index (χ0n) is 19.7. The molecule has 9 nitrogen and oxygen atoms in total. The van der Waals surface area contributed by atoms with Crippen molar-refractivity contribution in [3.63, 3.8) is 0 Å². The lowest BCUT2D eigenvalue weighted by Crippen LogP contribution is -2.66. The summed E-state index contributed by atoms with van der Waals surface area (Å²) in [5.74, 6) is 2.37. The second kappa shape index (κ2) is 8.51. The predicted octanol–water partition coefficient (Wildman–Crippen LogP) is 2.51. The van der Waals surface area contributed by atoms with E-state index < -0.39 is 0 Å². The molecule has 2 spiro atoms. The Morgan fingerprint density at radius 2 is 1.97 bits per heavy atom. The van der Waals surface area contributed by atoms with E-state index in [0.717, 1.165) is 66.3 Å². The quantitative estimate of drug-likeness (QED) is 0.696. The lowest BCUT2D eigenvalue weighted by molar-refractivity contribution is -0.0801. The van der Waals surface area contributed by atoms with E-state index in [1.54, 1.807) is 12.4 Å². The molecule has 34 heavy (non-hydrogen) atoms. The Kier molecular flexibility index (Phi) is 5.59. The van der Waals surface area contributed by atoms with Crippen molar-refractivity contribution < 1.29 is 19.3 Å². The molecular weight excluding hydrogens is 454 g/mol. The first-order valence-corrected chi connectivity index (χ1v) is 12.8. The van der Waals surface area contributed by atoms with Gasteiger partial charge in [-0.05, 0) is 37.7 Å². The second-order valence-corrected chi connectivity index (χ2v) is 11.1. The minimum absolute atomic E-state index is 0.121. The highest BCUT2D eigenvalue weighted by atomic mass is 32.2. The standard InChI is InChI=1S/C24H31N5O4S/c1-16-9-23(12-32-16)4-7-29(8-5-23)21-17(11-30)27-19(10-26-21)34-18-3-6-25-22-20(18)33-15-24(28(22)2)13-31-14-24/h3,6,10,16,30H,4-5,7-9,11-15H2,1-2H3/t16-/m0/s1. The Hall–Kier alpha value is -2.14. The van der Waals surface area contributed by atoms with Gasteiger partial charge >= 0.3 is 0 Å². The molecule has 6 heterocycles. The molecule has 2 aromatic rings. The van der Waals surface area contributed by atoms with Crippen LogP contribution in [0.4, 0.5) is 11.6 Å². The van der Waals surface area contributed by atoms with Crippen LogP contribution in [-0.4, -0.2) is 78.3 Å². The van der Waals surface area contributed by atoms with Crippen LogP contribution in [0.15, 0.2) is 28.4 Å². The molecular formula is C24H31N5O4S. The van der Waals surface area contributed by atoms with Gasteiger partial charge in [0.15, 0.2) is 17.4 Å². The molecule has 3 saturated heterocycles. The molecule has 4 aliphatic rings. The van der Waals surface area contributed by atoms with Crippen LogP contribution in [0, 0.1) is 5.41 Å². The van der Waals surface area contributed by atoms with Gasteiger partial charge in [-0.3, -0.25) is 0 Å². The Bertz CT molecular complexity index is 1070.